The first kappa shape index (κ1) is 15.6. The summed E-state index contributed by atoms with van der Waals surface area (Å²) in [7, 11) is 0. The molecule has 3 N–H and O–H groups in total. The van der Waals surface area contributed by atoms with Crippen LogP contribution in [0, 0.1) is 5.92 Å². The number of piperidine rings is 1. The Labute approximate surface area is 127 Å². The van der Waals surface area contributed by atoms with Crippen LogP contribution in [-0.2, 0) is 0 Å². The Bertz CT molecular complexity index is 564. The van der Waals surface area contributed by atoms with Crippen LogP contribution in [0.1, 0.15) is 23.7 Å². The predicted molar refractivity (Wildman–Crippen MR) is 78.8 cm³/mol. The second-order valence-electron chi connectivity index (χ2n) is 5.18. The average Bonchev–Trinajstić information content (AvgIpc) is 2.41. The Morgan fingerprint density at radius 1 is 1.43 bits per heavy atom. The molecule has 0 spiro atoms. The van der Waals surface area contributed by atoms with E-state index in [2.05, 4.69) is 5.32 Å². The molecule has 114 valence electrons. The largest absolute Gasteiger partial charge is 0.478 e. The molecule has 1 fully saturated rings. The number of β-amino-alcohol motifs (C(OH)–C–C–N with tert-alkyl or cyclic N) is 1. The molecule has 7 heteroatoms. The van der Waals surface area contributed by atoms with Crippen LogP contribution in [0.4, 0.5) is 10.5 Å². The van der Waals surface area contributed by atoms with Crippen molar-refractivity contribution >= 4 is 29.3 Å². The maximum absolute atomic E-state index is 12.2. The lowest BCUT2D eigenvalue weighted by Gasteiger charge is -2.34. The fraction of sp³-hybridized carbons (Fsp3) is 0.429. The molecule has 2 atom stereocenters. The van der Waals surface area contributed by atoms with Gasteiger partial charge in [0.05, 0.1) is 16.8 Å². The summed E-state index contributed by atoms with van der Waals surface area (Å²) in [6.07, 6.45) is 0.137. The van der Waals surface area contributed by atoms with Gasteiger partial charge in [0.2, 0.25) is 0 Å². The lowest BCUT2D eigenvalue weighted by Crippen LogP contribution is -2.47. The molecule has 2 amide bonds. The molecule has 0 aromatic heterocycles. The molecule has 21 heavy (non-hydrogen) atoms. The summed E-state index contributed by atoms with van der Waals surface area (Å²) in [4.78, 5) is 24.8. The molecule has 1 saturated heterocycles. The second-order valence-corrected chi connectivity index (χ2v) is 5.58. The van der Waals surface area contributed by atoms with E-state index in [0.29, 0.717) is 13.0 Å². The third-order valence-corrected chi connectivity index (χ3v) is 3.99. The van der Waals surface area contributed by atoms with Crippen LogP contribution in [0.25, 0.3) is 0 Å². The maximum Gasteiger partial charge on any atom is 0.339 e. The number of likely N-dealkylation sites (tertiary alicyclic amines) is 1. The number of hydrogen-bond acceptors (Lipinski definition) is 3. The van der Waals surface area contributed by atoms with Gasteiger partial charge in [0.15, 0.2) is 0 Å². The molecule has 1 heterocycles. The highest BCUT2D eigenvalue weighted by atomic mass is 35.5. The molecule has 1 aromatic rings. The molecule has 2 unspecified atom stereocenters. The summed E-state index contributed by atoms with van der Waals surface area (Å²) >= 11 is 5.85. The number of carbonyl (C=O) groups is 2. The minimum Gasteiger partial charge on any atom is -0.478 e. The number of nitrogens with zero attached hydrogens (tertiary/aromatic N) is 1. The third kappa shape index (κ3) is 3.46. The van der Waals surface area contributed by atoms with Crippen molar-refractivity contribution in [1.82, 2.24) is 4.90 Å². The van der Waals surface area contributed by atoms with Gasteiger partial charge in [-0.15, -0.1) is 0 Å². The van der Waals surface area contributed by atoms with Gasteiger partial charge in [-0.2, -0.15) is 0 Å². The fourth-order valence-electron chi connectivity index (χ4n) is 2.27. The van der Waals surface area contributed by atoms with Crippen molar-refractivity contribution in [2.75, 3.05) is 18.4 Å². The monoisotopic (exact) mass is 312 g/mol. The first-order valence-electron chi connectivity index (χ1n) is 6.66. The lowest BCUT2D eigenvalue weighted by atomic mass is 9.96. The zero-order valence-electron chi connectivity index (χ0n) is 11.5. The van der Waals surface area contributed by atoms with Gasteiger partial charge < -0.3 is 20.4 Å². The highest BCUT2D eigenvalue weighted by molar-refractivity contribution is 6.34. The zero-order chi connectivity index (χ0) is 15.6. The van der Waals surface area contributed by atoms with Crippen LogP contribution in [-0.4, -0.2) is 46.3 Å². The predicted octanol–water partition coefficient (Wildman–Crippen LogP) is 2.27. The second kappa shape index (κ2) is 6.32. The number of nitrogens with one attached hydrogen (secondary N) is 1. The Balaban J connectivity index is 2.13. The van der Waals surface area contributed by atoms with Crippen LogP contribution in [0.5, 0.6) is 0 Å². The average molecular weight is 313 g/mol. The van der Waals surface area contributed by atoms with Gasteiger partial charge in [-0.1, -0.05) is 24.6 Å². The summed E-state index contributed by atoms with van der Waals surface area (Å²) in [6.45, 7) is 2.68. The van der Waals surface area contributed by atoms with Crippen LogP contribution < -0.4 is 5.32 Å². The normalized spacial score (nSPS) is 22.0. The van der Waals surface area contributed by atoms with E-state index in [-0.39, 0.29) is 28.7 Å². The third-order valence-electron chi connectivity index (χ3n) is 3.67. The summed E-state index contributed by atoms with van der Waals surface area (Å²) in [5.74, 6) is -1.06. The summed E-state index contributed by atoms with van der Waals surface area (Å²) in [5.41, 5.74) is 0.00607. The van der Waals surface area contributed by atoms with E-state index >= 15 is 0 Å². The molecule has 0 aliphatic carbocycles. The Morgan fingerprint density at radius 3 is 2.76 bits per heavy atom. The Hall–Kier alpha value is -1.79. The van der Waals surface area contributed by atoms with E-state index in [1.54, 1.807) is 6.07 Å². The van der Waals surface area contributed by atoms with Gasteiger partial charge in [-0.05, 0) is 24.5 Å². The number of aliphatic hydroxyl groups excluding tert-OH is 1. The van der Waals surface area contributed by atoms with Crippen molar-refractivity contribution in [3.63, 3.8) is 0 Å². The number of benzene rings is 1. The minimum absolute atomic E-state index is 0.0626. The van der Waals surface area contributed by atoms with Gasteiger partial charge in [0, 0.05) is 13.1 Å². The van der Waals surface area contributed by atoms with E-state index in [1.165, 1.54) is 17.0 Å². The number of carboxylic acid groups (broad SMARTS) is 1. The number of aliphatic hydroxyl groups is 1. The number of rotatable bonds is 2. The number of urea groups is 1. The number of anilines is 1. The number of carboxylic acids is 1. The minimum atomic E-state index is -1.21. The van der Waals surface area contributed by atoms with Crippen molar-refractivity contribution in [2.45, 2.75) is 19.4 Å². The fourth-order valence-corrected chi connectivity index (χ4v) is 2.53. The van der Waals surface area contributed by atoms with Gasteiger partial charge in [0.1, 0.15) is 5.56 Å². The number of aromatic carboxylic acids is 1. The van der Waals surface area contributed by atoms with Crippen molar-refractivity contribution in [3.05, 3.63) is 28.8 Å². The van der Waals surface area contributed by atoms with Gasteiger partial charge in [-0.3, -0.25) is 0 Å². The Kier molecular flexibility index (Phi) is 4.69. The van der Waals surface area contributed by atoms with Crippen molar-refractivity contribution < 1.29 is 19.8 Å². The maximum atomic E-state index is 12.2. The quantitative estimate of drug-likeness (QED) is 0.781. The number of hydrogen-bond donors (Lipinski definition) is 3. The number of halogens is 1. The summed E-state index contributed by atoms with van der Waals surface area (Å²) in [6, 6.07) is 4.06. The first-order chi connectivity index (χ1) is 9.90. The molecule has 1 aliphatic heterocycles. The molecule has 0 radical (unpaired) electrons. The zero-order valence-corrected chi connectivity index (χ0v) is 12.3. The summed E-state index contributed by atoms with van der Waals surface area (Å²) in [5, 5.41) is 21.6. The molecule has 6 nitrogen and oxygen atoms in total. The summed E-state index contributed by atoms with van der Waals surface area (Å²) < 4.78 is 0. The van der Waals surface area contributed by atoms with E-state index in [9.17, 15) is 14.7 Å². The first-order valence-corrected chi connectivity index (χ1v) is 7.03. The molecular weight excluding hydrogens is 296 g/mol. The van der Waals surface area contributed by atoms with Crippen LogP contribution in [0.3, 0.4) is 0 Å². The van der Waals surface area contributed by atoms with Crippen LogP contribution in [0.2, 0.25) is 5.02 Å². The molecular formula is C14H17ClN2O4. The standard InChI is InChI=1S/C14H17ClN2O4/c1-8-5-6-17(7-11(8)18)14(21)16-10-4-2-3-9(15)12(10)13(19)20/h2-4,8,11,18H,5-7H2,1H3,(H,16,21)(H,19,20). The van der Waals surface area contributed by atoms with Crippen molar-refractivity contribution in [1.29, 1.82) is 0 Å². The van der Waals surface area contributed by atoms with Crippen LogP contribution >= 0.6 is 11.6 Å². The Morgan fingerprint density at radius 2 is 2.14 bits per heavy atom. The molecule has 2 rings (SSSR count). The molecule has 0 bridgehead atoms. The van der Waals surface area contributed by atoms with Gasteiger partial charge >= 0.3 is 12.0 Å². The smallest absolute Gasteiger partial charge is 0.339 e. The highest BCUT2D eigenvalue weighted by Gasteiger charge is 2.28. The van der Waals surface area contributed by atoms with Crippen molar-refractivity contribution in [3.8, 4) is 0 Å². The lowest BCUT2D eigenvalue weighted by molar-refractivity contribution is 0.0463. The molecule has 1 aromatic carbocycles. The molecule has 0 saturated carbocycles. The van der Waals surface area contributed by atoms with E-state index < -0.39 is 18.1 Å². The topological polar surface area (TPSA) is 89.9 Å². The highest BCUT2D eigenvalue weighted by Crippen LogP contribution is 2.25. The van der Waals surface area contributed by atoms with E-state index in [0.717, 1.165) is 0 Å². The van der Waals surface area contributed by atoms with Crippen molar-refractivity contribution in [2.24, 2.45) is 5.92 Å². The SMILES string of the molecule is CC1CCN(C(=O)Nc2cccc(Cl)c2C(=O)O)CC1O. The number of carbonyl (C=O) groups excluding carboxylic acids is 1. The van der Waals surface area contributed by atoms with E-state index in [4.69, 9.17) is 16.7 Å². The van der Waals surface area contributed by atoms with E-state index in [1.807, 2.05) is 6.92 Å². The van der Waals surface area contributed by atoms with Crippen LogP contribution in [0.15, 0.2) is 18.2 Å². The van der Waals surface area contributed by atoms with Gasteiger partial charge in [-0.25, -0.2) is 9.59 Å². The van der Waals surface area contributed by atoms with Gasteiger partial charge in [0.25, 0.3) is 0 Å². The molecule has 1 aliphatic rings. The number of amides is 2.